The number of benzene rings is 2. The van der Waals surface area contributed by atoms with Gasteiger partial charge in [0, 0.05) is 31.5 Å². The van der Waals surface area contributed by atoms with Crippen molar-refractivity contribution in [1.29, 1.82) is 0 Å². The van der Waals surface area contributed by atoms with Crippen molar-refractivity contribution in [1.82, 2.24) is 9.80 Å². The molecule has 0 spiro atoms. The summed E-state index contributed by atoms with van der Waals surface area (Å²) in [5.74, 6) is -0.665. The van der Waals surface area contributed by atoms with E-state index in [-0.39, 0.29) is 12.5 Å². The Kier molecular flexibility index (Phi) is 6.39. The van der Waals surface area contributed by atoms with Gasteiger partial charge in [0.1, 0.15) is 6.54 Å². The third-order valence-corrected chi connectivity index (χ3v) is 6.16. The van der Waals surface area contributed by atoms with Gasteiger partial charge in [-0.3, -0.25) is 19.3 Å². The highest BCUT2D eigenvalue weighted by atomic mass is 32.2. The summed E-state index contributed by atoms with van der Waals surface area (Å²) < 4.78 is 5.24. The van der Waals surface area contributed by atoms with E-state index in [1.165, 1.54) is 0 Å². The van der Waals surface area contributed by atoms with Gasteiger partial charge in [-0.05, 0) is 47.7 Å². The largest absolute Gasteiger partial charge is 0.378 e. The lowest BCUT2D eigenvalue weighted by Gasteiger charge is -2.28. The molecule has 0 saturated carbocycles. The first-order chi connectivity index (χ1) is 15.0. The van der Waals surface area contributed by atoms with Crippen molar-refractivity contribution in [3.8, 4) is 0 Å². The molecule has 0 radical (unpaired) electrons. The lowest BCUT2D eigenvalue weighted by molar-refractivity contribution is -0.139. The maximum Gasteiger partial charge on any atom is 0.294 e. The van der Waals surface area contributed by atoms with Gasteiger partial charge in [0.2, 0.25) is 5.91 Å². The molecule has 0 atom stereocenters. The molecule has 2 aliphatic rings. The van der Waals surface area contributed by atoms with Crippen LogP contribution in [0.4, 0.5) is 16.2 Å². The molecule has 0 unspecified atom stereocenters. The van der Waals surface area contributed by atoms with E-state index in [1.54, 1.807) is 11.0 Å². The van der Waals surface area contributed by atoms with Crippen molar-refractivity contribution in [2.75, 3.05) is 44.8 Å². The molecule has 2 fully saturated rings. The normalized spacial score (nSPS) is 18.0. The third-order valence-electron chi connectivity index (χ3n) is 5.25. The average Bonchev–Trinajstić information content (AvgIpc) is 3.07. The molecule has 7 nitrogen and oxygen atoms in total. The minimum absolute atomic E-state index is 0.233. The molecule has 2 aromatic carbocycles. The van der Waals surface area contributed by atoms with Crippen LogP contribution in [0.15, 0.2) is 59.5 Å². The molecule has 0 aromatic heterocycles. The SMILES string of the molecule is CN(c1ccccc1)c1ccc(/C=C2\SC(=O)N(CC(=O)N3CCOCC3)C2=O)cc1. The van der Waals surface area contributed by atoms with E-state index in [2.05, 4.69) is 4.90 Å². The quantitative estimate of drug-likeness (QED) is 0.668. The van der Waals surface area contributed by atoms with Gasteiger partial charge in [0.05, 0.1) is 18.1 Å². The van der Waals surface area contributed by atoms with E-state index >= 15 is 0 Å². The van der Waals surface area contributed by atoms with Crippen molar-refractivity contribution in [3.05, 3.63) is 65.1 Å². The van der Waals surface area contributed by atoms with Crippen molar-refractivity contribution in [2.24, 2.45) is 0 Å². The van der Waals surface area contributed by atoms with Crippen molar-refractivity contribution in [2.45, 2.75) is 0 Å². The highest BCUT2D eigenvalue weighted by molar-refractivity contribution is 8.18. The first-order valence-corrected chi connectivity index (χ1v) is 10.8. The molecule has 0 N–H and O–H groups in total. The van der Waals surface area contributed by atoms with E-state index in [0.717, 1.165) is 33.6 Å². The second-order valence-electron chi connectivity index (χ2n) is 7.25. The zero-order valence-electron chi connectivity index (χ0n) is 17.2. The number of imide groups is 1. The topological polar surface area (TPSA) is 70.2 Å². The summed E-state index contributed by atoms with van der Waals surface area (Å²) in [6.45, 7) is 1.68. The summed E-state index contributed by atoms with van der Waals surface area (Å²) in [5.41, 5.74) is 2.89. The highest BCUT2D eigenvalue weighted by Gasteiger charge is 2.37. The number of hydrogen-bond acceptors (Lipinski definition) is 6. The number of anilines is 2. The van der Waals surface area contributed by atoms with E-state index in [9.17, 15) is 14.4 Å². The standard InChI is InChI=1S/C23H23N3O4S/c1-24(18-5-3-2-4-6-18)19-9-7-17(8-10-19)15-20-22(28)26(23(29)31-20)16-21(27)25-11-13-30-14-12-25/h2-10,15H,11-14,16H2,1H3/b20-15-. The molecule has 0 bridgehead atoms. The Hall–Kier alpha value is -3.10. The van der Waals surface area contributed by atoms with Gasteiger partial charge in [-0.25, -0.2) is 0 Å². The Labute approximate surface area is 185 Å². The summed E-state index contributed by atoms with van der Waals surface area (Å²) in [7, 11) is 1.99. The first-order valence-electron chi connectivity index (χ1n) is 10.0. The zero-order valence-corrected chi connectivity index (χ0v) is 18.0. The zero-order chi connectivity index (χ0) is 21.8. The lowest BCUT2D eigenvalue weighted by atomic mass is 10.1. The lowest BCUT2D eigenvalue weighted by Crippen LogP contribution is -2.46. The maximum absolute atomic E-state index is 12.7. The average molecular weight is 438 g/mol. The van der Waals surface area contributed by atoms with Gasteiger partial charge < -0.3 is 14.5 Å². The van der Waals surface area contributed by atoms with Crippen LogP contribution in [-0.2, 0) is 14.3 Å². The molecule has 2 aliphatic heterocycles. The van der Waals surface area contributed by atoms with Gasteiger partial charge in [-0.1, -0.05) is 30.3 Å². The molecular formula is C23H23N3O4S. The second kappa shape index (κ2) is 9.36. The van der Waals surface area contributed by atoms with E-state index < -0.39 is 11.1 Å². The molecule has 4 rings (SSSR count). The molecule has 0 aliphatic carbocycles. The Morgan fingerprint density at radius 1 is 1.03 bits per heavy atom. The van der Waals surface area contributed by atoms with E-state index in [1.807, 2.05) is 61.6 Å². The van der Waals surface area contributed by atoms with Gasteiger partial charge in [-0.15, -0.1) is 0 Å². The van der Waals surface area contributed by atoms with Crippen LogP contribution in [-0.4, -0.2) is 66.7 Å². The smallest absolute Gasteiger partial charge is 0.294 e. The Morgan fingerprint density at radius 3 is 2.35 bits per heavy atom. The Balaban J connectivity index is 1.43. The molecule has 160 valence electrons. The fourth-order valence-corrected chi connectivity index (χ4v) is 4.27. The Morgan fingerprint density at radius 2 is 1.68 bits per heavy atom. The van der Waals surface area contributed by atoms with E-state index in [4.69, 9.17) is 4.74 Å². The number of carbonyl (C=O) groups excluding carboxylic acids is 3. The highest BCUT2D eigenvalue weighted by Crippen LogP contribution is 2.32. The fraction of sp³-hybridized carbons (Fsp3) is 0.261. The molecule has 2 aromatic rings. The maximum atomic E-state index is 12.7. The number of hydrogen-bond donors (Lipinski definition) is 0. The van der Waals surface area contributed by atoms with Crippen LogP contribution in [0.25, 0.3) is 6.08 Å². The molecule has 8 heteroatoms. The number of para-hydroxylation sites is 1. The minimum atomic E-state index is -0.429. The number of nitrogens with zero attached hydrogens (tertiary/aromatic N) is 3. The molecule has 31 heavy (non-hydrogen) atoms. The number of rotatable bonds is 5. The summed E-state index contributed by atoms with van der Waals surface area (Å²) in [5, 5.41) is -0.418. The molecule has 2 saturated heterocycles. The van der Waals surface area contributed by atoms with Crippen molar-refractivity contribution in [3.63, 3.8) is 0 Å². The van der Waals surface area contributed by atoms with Crippen LogP contribution >= 0.6 is 11.8 Å². The van der Waals surface area contributed by atoms with Crippen LogP contribution < -0.4 is 4.90 Å². The predicted molar refractivity (Wildman–Crippen MR) is 121 cm³/mol. The summed E-state index contributed by atoms with van der Waals surface area (Å²) in [6, 6.07) is 17.7. The Bertz CT molecular complexity index is 1000. The third kappa shape index (κ3) is 4.81. The number of thioether (sulfide) groups is 1. The van der Waals surface area contributed by atoms with Gasteiger partial charge in [-0.2, -0.15) is 0 Å². The second-order valence-corrected chi connectivity index (χ2v) is 8.24. The monoisotopic (exact) mass is 437 g/mol. The van der Waals surface area contributed by atoms with Crippen LogP contribution in [0.3, 0.4) is 0 Å². The van der Waals surface area contributed by atoms with Crippen LogP contribution in [0, 0.1) is 0 Å². The van der Waals surface area contributed by atoms with Gasteiger partial charge >= 0.3 is 0 Å². The van der Waals surface area contributed by atoms with Crippen molar-refractivity contribution < 1.29 is 19.1 Å². The van der Waals surface area contributed by atoms with E-state index in [0.29, 0.717) is 31.2 Å². The van der Waals surface area contributed by atoms with Crippen LogP contribution in [0.1, 0.15) is 5.56 Å². The predicted octanol–water partition coefficient (Wildman–Crippen LogP) is 3.35. The molecular weight excluding hydrogens is 414 g/mol. The molecule has 3 amide bonds. The van der Waals surface area contributed by atoms with Gasteiger partial charge in [0.25, 0.3) is 11.1 Å². The summed E-state index contributed by atoms with van der Waals surface area (Å²) >= 11 is 0.865. The summed E-state index contributed by atoms with van der Waals surface area (Å²) in [6.07, 6.45) is 1.69. The fourth-order valence-electron chi connectivity index (χ4n) is 3.43. The summed E-state index contributed by atoms with van der Waals surface area (Å²) in [4.78, 5) is 42.5. The van der Waals surface area contributed by atoms with Crippen molar-refractivity contribution >= 4 is 46.3 Å². The molecule has 2 heterocycles. The number of ether oxygens (including phenoxy) is 1. The minimum Gasteiger partial charge on any atom is -0.378 e. The van der Waals surface area contributed by atoms with Gasteiger partial charge in [0.15, 0.2) is 0 Å². The van der Waals surface area contributed by atoms with Crippen LogP contribution in [0.5, 0.6) is 0 Å². The van der Waals surface area contributed by atoms with Crippen LogP contribution in [0.2, 0.25) is 0 Å². The number of carbonyl (C=O) groups is 3. The number of morpholine rings is 1. The number of amides is 3. The first kappa shape index (κ1) is 21.1.